The van der Waals surface area contributed by atoms with Crippen molar-refractivity contribution in [3.63, 3.8) is 0 Å². The lowest BCUT2D eigenvalue weighted by Gasteiger charge is -2.38. The number of rotatable bonds is 2. The molecular formula is C22H14Cl2N4OS. The predicted octanol–water partition coefficient (Wildman–Crippen LogP) is 6.21. The normalized spacial score (nSPS) is 19.4. The fourth-order valence-electron chi connectivity index (χ4n) is 4.07. The van der Waals surface area contributed by atoms with E-state index in [1.165, 1.54) is 0 Å². The van der Waals surface area contributed by atoms with Gasteiger partial charge in [-0.1, -0.05) is 41.4 Å². The van der Waals surface area contributed by atoms with Crippen molar-refractivity contribution in [2.24, 2.45) is 0 Å². The molecule has 0 amide bonds. The minimum absolute atomic E-state index is 0.147. The van der Waals surface area contributed by atoms with Crippen LogP contribution >= 0.6 is 34.5 Å². The third-order valence-electron chi connectivity index (χ3n) is 5.36. The number of ether oxygens (including phenoxy) is 1. The smallest absolute Gasteiger partial charge is 0.226 e. The zero-order valence-corrected chi connectivity index (χ0v) is 17.7. The number of benzene rings is 2. The summed E-state index contributed by atoms with van der Waals surface area (Å²) in [6.07, 6.45) is 1.25. The van der Waals surface area contributed by atoms with Crippen LogP contribution in [0.3, 0.4) is 0 Å². The molecule has 6 rings (SSSR count). The first-order valence-corrected chi connectivity index (χ1v) is 11.0. The van der Waals surface area contributed by atoms with Crippen LogP contribution in [0.15, 0.2) is 71.9 Å². The second-order valence-corrected chi connectivity index (χ2v) is 8.94. The SMILES string of the molecule is Clc1ccc([C@@H]2Oc3ccc(Cl)cc3C3=C2[C@H](c2cccs2)n2ncnc2N3)cc1. The molecule has 0 aliphatic carbocycles. The van der Waals surface area contributed by atoms with Gasteiger partial charge in [-0.05, 0) is 47.3 Å². The number of nitrogens with zero attached hydrogens (tertiary/aromatic N) is 3. The van der Waals surface area contributed by atoms with E-state index in [4.69, 9.17) is 27.9 Å². The lowest BCUT2D eigenvalue weighted by molar-refractivity contribution is 0.223. The van der Waals surface area contributed by atoms with Crippen LogP contribution in [0, 0.1) is 0 Å². The molecular weight excluding hydrogens is 439 g/mol. The Hall–Kier alpha value is -2.80. The van der Waals surface area contributed by atoms with Crippen LogP contribution in [-0.2, 0) is 0 Å². The van der Waals surface area contributed by atoms with Crippen molar-refractivity contribution in [3.05, 3.63) is 97.9 Å². The van der Waals surface area contributed by atoms with Crippen molar-refractivity contribution in [3.8, 4) is 5.75 Å². The van der Waals surface area contributed by atoms with E-state index in [0.717, 1.165) is 33.0 Å². The summed E-state index contributed by atoms with van der Waals surface area (Å²) in [6, 6.07) is 17.5. The summed E-state index contributed by atoms with van der Waals surface area (Å²) in [5.74, 6) is 1.46. The third kappa shape index (κ3) is 2.75. The predicted molar refractivity (Wildman–Crippen MR) is 119 cm³/mol. The molecule has 4 heterocycles. The van der Waals surface area contributed by atoms with E-state index in [2.05, 4.69) is 26.8 Å². The molecule has 0 bridgehead atoms. The summed E-state index contributed by atoms with van der Waals surface area (Å²) in [5, 5.41) is 11.4. The van der Waals surface area contributed by atoms with Crippen LogP contribution in [0.2, 0.25) is 10.0 Å². The van der Waals surface area contributed by atoms with Crippen LogP contribution in [0.4, 0.5) is 5.95 Å². The van der Waals surface area contributed by atoms with Gasteiger partial charge in [0.2, 0.25) is 5.95 Å². The van der Waals surface area contributed by atoms with Crippen LogP contribution < -0.4 is 10.1 Å². The molecule has 0 saturated heterocycles. The molecule has 0 saturated carbocycles. The van der Waals surface area contributed by atoms with E-state index < -0.39 is 0 Å². The monoisotopic (exact) mass is 452 g/mol. The quantitative estimate of drug-likeness (QED) is 0.392. The zero-order chi connectivity index (χ0) is 20.2. The Bertz CT molecular complexity index is 1280. The molecule has 0 unspecified atom stereocenters. The summed E-state index contributed by atoms with van der Waals surface area (Å²) in [7, 11) is 0. The van der Waals surface area contributed by atoms with Gasteiger partial charge in [-0.15, -0.1) is 11.3 Å². The van der Waals surface area contributed by atoms with Gasteiger partial charge in [0.1, 0.15) is 24.2 Å². The molecule has 0 fully saturated rings. The minimum Gasteiger partial charge on any atom is -0.480 e. The molecule has 0 spiro atoms. The Morgan fingerprint density at radius 1 is 1.03 bits per heavy atom. The van der Waals surface area contributed by atoms with E-state index in [0.29, 0.717) is 16.0 Å². The maximum absolute atomic E-state index is 6.55. The van der Waals surface area contributed by atoms with Crippen LogP contribution in [0.1, 0.15) is 28.1 Å². The molecule has 148 valence electrons. The number of hydrogen-bond donors (Lipinski definition) is 1. The van der Waals surface area contributed by atoms with Gasteiger partial charge < -0.3 is 10.1 Å². The Kier molecular flexibility index (Phi) is 4.13. The van der Waals surface area contributed by atoms with E-state index >= 15 is 0 Å². The fraction of sp³-hybridized carbons (Fsp3) is 0.0909. The Morgan fingerprint density at radius 2 is 1.87 bits per heavy atom. The van der Waals surface area contributed by atoms with Crippen molar-refractivity contribution in [1.82, 2.24) is 14.8 Å². The lowest BCUT2D eigenvalue weighted by Crippen LogP contribution is -2.32. The topological polar surface area (TPSA) is 52.0 Å². The highest BCUT2D eigenvalue weighted by molar-refractivity contribution is 7.10. The Balaban J connectivity index is 1.63. The van der Waals surface area contributed by atoms with Gasteiger partial charge in [0.15, 0.2) is 0 Å². The third-order valence-corrected chi connectivity index (χ3v) is 6.77. The molecule has 30 heavy (non-hydrogen) atoms. The molecule has 5 nitrogen and oxygen atoms in total. The summed E-state index contributed by atoms with van der Waals surface area (Å²) >= 11 is 14.2. The van der Waals surface area contributed by atoms with Gasteiger partial charge in [-0.3, -0.25) is 0 Å². The number of halogens is 2. The first kappa shape index (κ1) is 18.0. The highest BCUT2D eigenvalue weighted by atomic mass is 35.5. The number of thiophene rings is 1. The molecule has 4 aromatic rings. The van der Waals surface area contributed by atoms with E-state index in [-0.39, 0.29) is 12.1 Å². The molecule has 8 heteroatoms. The van der Waals surface area contributed by atoms with Gasteiger partial charge in [-0.25, -0.2) is 4.68 Å². The molecule has 1 N–H and O–H groups in total. The average molecular weight is 453 g/mol. The van der Waals surface area contributed by atoms with E-state index in [9.17, 15) is 0 Å². The zero-order valence-electron chi connectivity index (χ0n) is 15.4. The second kappa shape index (κ2) is 6.87. The number of fused-ring (bicyclic) bond motifs is 3. The largest absolute Gasteiger partial charge is 0.480 e. The first-order chi connectivity index (χ1) is 14.7. The van der Waals surface area contributed by atoms with Crippen molar-refractivity contribution >= 4 is 46.2 Å². The van der Waals surface area contributed by atoms with Gasteiger partial charge in [-0.2, -0.15) is 10.1 Å². The maximum Gasteiger partial charge on any atom is 0.226 e. The van der Waals surface area contributed by atoms with Gasteiger partial charge >= 0.3 is 0 Å². The summed E-state index contributed by atoms with van der Waals surface area (Å²) in [6.45, 7) is 0. The molecule has 2 aliphatic heterocycles. The van der Waals surface area contributed by atoms with Crippen LogP contribution in [0.5, 0.6) is 5.75 Å². The summed E-state index contributed by atoms with van der Waals surface area (Å²) in [4.78, 5) is 5.59. The second-order valence-electron chi connectivity index (χ2n) is 7.09. The fourth-order valence-corrected chi connectivity index (χ4v) is 5.20. The Morgan fingerprint density at radius 3 is 2.67 bits per heavy atom. The average Bonchev–Trinajstić information content (AvgIpc) is 3.44. The van der Waals surface area contributed by atoms with Crippen LogP contribution in [-0.4, -0.2) is 14.8 Å². The molecule has 0 radical (unpaired) electrons. The van der Waals surface area contributed by atoms with E-state index in [1.807, 2.05) is 53.2 Å². The van der Waals surface area contributed by atoms with Crippen molar-refractivity contribution in [2.75, 3.05) is 5.32 Å². The van der Waals surface area contributed by atoms with Crippen molar-refractivity contribution in [2.45, 2.75) is 12.1 Å². The van der Waals surface area contributed by atoms with Gasteiger partial charge in [0, 0.05) is 26.1 Å². The lowest BCUT2D eigenvalue weighted by atomic mass is 9.87. The molecule has 2 aromatic carbocycles. The van der Waals surface area contributed by atoms with Gasteiger partial charge in [0.25, 0.3) is 0 Å². The molecule has 2 aliphatic rings. The maximum atomic E-state index is 6.55. The van der Waals surface area contributed by atoms with Crippen molar-refractivity contribution < 1.29 is 4.74 Å². The number of anilines is 1. The number of nitrogens with one attached hydrogen (secondary N) is 1. The highest BCUT2D eigenvalue weighted by Crippen LogP contribution is 2.51. The standard InChI is InChI=1S/C22H14Cl2N4OS/c23-13-5-3-12(4-6-13)21-18-19(15-10-14(24)7-8-16(15)29-21)27-22-25-11-26-28(22)20(18)17-2-1-9-30-17/h1-11,20-21H,(H,25,26,27)/t20-,21-/m0/s1. The molecule has 2 aromatic heterocycles. The molecule has 2 atom stereocenters. The first-order valence-electron chi connectivity index (χ1n) is 9.35. The summed E-state index contributed by atoms with van der Waals surface area (Å²) < 4.78 is 8.45. The Labute approximate surface area is 186 Å². The minimum atomic E-state index is -0.317. The van der Waals surface area contributed by atoms with Gasteiger partial charge in [0.05, 0.1) is 5.70 Å². The van der Waals surface area contributed by atoms with E-state index in [1.54, 1.807) is 17.7 Å². The van der Waals surface area contributed by atoms with Crippen LogP contribution in [0.25, 0.3) is 5.70 Å². The highest BCUT2D eigenvalue weighted by Gasteiger charge is 2.41. The number of hydrogen-bond acceptors (Lipinski definition) is 5. The number of aromatic nitrogens is 3. The summed E-state index contributed by atoms with van der Waals surface area (Å²) in [5.41, 5.74) is 3.95. The van der Waals surface area contributed by atoms with Crippen molar-refractivity contribution in [1.29, 1.82) is 0 Å².